The number of rotatable bonds is 1. The highest BCUT2D eigenvalue weighted by atomic mass is 127. The predicted molar refractivity (Wildman–Crippen MR) is 96.8 cm³/mol. The summed E-state index contributed by atoms with van der Waals surface area (Å²) in [5.41, 5.74) is 5.56. The van der Waals surface area contributed by atoms with Crippen LogP contribution >= 0.6 is 0 Å². The lowest BCUT2D eigenvalue weighted by atomic mass is 10.1. The second kappa shape index (κ2) is 6.11. The number of para-hydroxylation sites is 1. The van der Waals surface area contributed by atoms with E-state index >= 15 is 0 Å². The number of benzene rings is 2. The maximum Gasteiger partial charge on any atom is 0.330 e. The first-order chi connectivity index (χ1) is 11.8. The number of fused-ring (bicyclic) bond motifs is 4. The third kappa shape index (κ3) is 2.32. The van der Waals surface area contributed by atoms with Crippen molar-refractivity contribution in [2.45, 2.75) is 0 Å². The van der Waals surface area contributed by atoms with Crippen molar-refractivity contribution >= 4 is 27.6 Å². The molecule has 0 aliphatic rings. The average Bonchev–Trinajstić information content (AvgIpc) is 2.93. The highest BCUT2D eigenvalue weighted by Gasteiger charge is 2.23. The van der Waals surface area contributed by atoms with Crippen molar-refractivity contribution in [3.05, 3.63) is 79.0 Å². The lowest BCUT2D eigenvalue weighted by molar-refractivity contribution is -0.500. The first-order valence-corrected chi connectivity index (χ1v) is 8.07. The average molecular weight is 437 g/mol. The fraction of sp³-hybridized carbons (Fsp3) is 0.0476. The molecule has 0 saturated heterocycles. The largest absolute Gasteiger partial charge is 1.00 e. The minimum atomic E-state index is 0. The molecular formula is C21H16IN3. The van der Waals surface area contributed by atoms with Crippen LogP contribution in [0.1, 0.15) is 0 Å². The van der Waals surface area contributed by atoms with E-state index in [2.05, 4.69) is 88.9 Å². The molecule has 0 atom stereocenters. The van der Waals surface area contributed by atoms with Gasteiger partial charge < -0.3 is 28.5 Å². The fourth-order valence-corrected chi connectivity index (χ4v) is 3.57. The van der Waals surface area contributed by atoms with Gasteiger partial charge in [0.05, 0.1) is 11.7 Å². The monoisotopic (exact) mass is 437 g/mol. The minimum Gasteiger partial charge on any atom is -1.00 e. The number of aromatic nitrogens is 3. The highest BCUT2D eigenvalue weighted by molar-refractivity contribution is 6.12. The first-order valence-electron chi connectivity index (χ1n) is 8.07. The highest BCUT2D eigenvalue weighted by Crippen LogP contribution is 2.33. The van der Waals surface area contributed by atoms with Gasteiger partial charge >= 0.3 is 5.65 Å². The molecule has 0 saturated carbocycles. The molecule has 0 fully saturated rings. The molecule has 5 rings (SSSR count). The molecule has 0 spiro atoms. The van der Waals surface area contributed by atoms with E-state index in [1.165, 1.54) is 27.5 Å². The normalized spacial score (nSPS) is 11.1. The lowest BCUT2D eigenvalue weighted by Gasteiger charge is -2.04. The molecule has 0 bridgehead atoms. The van der Waals surface area contributed by atoms with E-state index < -0.39 is 0 Å². The van der Waals surface area contributed by atoms with Gasteiger partial charge in [0.25, 0.3) is 5.65 Å². The molecule has 0 aliphatic heterocycles. The maximum atomic E-state index is 4.93. The van der Waals surface area contributed by atoms with Crippen LogP contribution in [0, 0.1) is 0 Å². The van der Waals surface area contributed by atoms with Crippen LogP contribution < -0.4 is 28.4 Å². The number of pyridine rings is 1. The molecule has 122 valence electrons. The zero-order valence-corrected chi connectivity index (χ0v) is 15.9. The van der Waals surface area contributed by atoms with Crippen molar-refractivity contribution in [2.75, 3.05) is 0 Å². The van der Waals surface area contributed by atoms with Gasteiger partial charge in [0.1, 0.15) is 5.39 Å². The topological polar surface area (TPSA) is 21.9 Å². The zero-order chi connectivity index (χ0) is 16.1. The molecule has 0 unspecified atom stereocenters. The Morgan fingerprint density at radius 3 is 2.40 bits per heavy atom. The molecular weight excluding hydrogens is 421 g/mol. The second-order valence-electron chi connectivity index (χ2n) is 6.03. The molecule has 0 amide bonds. The predicted octanol–water partition coefficient (Wildman–Crippen LogP) is 1.14. The van der Waals surface area contributed by atoms with Gasteiger partial charge in [-0.1, -0.05) is 54.6 Å². The van der Waals surface area contributed by atoms with Crippen molar-refractivity contribution in [2.24, 2.45) is 7.05 Å². The van der Waals surface area contributed by atoms with Crippen LogP contribution in [0.15, 0.2) is 79.0 Å². The number of hydrogen-bond donors (Lipinski definition) is 0. The molecule has 4 heteroatoms. The zero-order valence-electron chi connectivity index (χ0n) is 13.7. The summed E-state index contributed by atoms with van der Waals surface area (Å²) < 4.78 is 4.37. The van der Waals surface area contributed by atoms with Crippen molar-refractivity contribution < 1.29 is 28.4 Å². The minimum absolute atomic E-state index is 0. The Morgan fingerprint density at radius 1 is 0.840 bits per heavy atom. The van der Waals surface area contributed by atoms with Gasteiger partial charge in [-0.25, -0.2) is 0 Å². The summed E-state index contributed by atoms with van der Waals surface area (Å²) in [6, 6.07) is 25.2. The molecule has 2 aromatic carbocycles. The van der Waals surface area contributed by atoms with Crippen LogP contribution in [0.25, 0.3) is 38.8 Å². The van der Waals surface area contributed by atoms with Gasteiger partial charge in [0.2, 0.25) is 0 Å². The van der Waals surface area contributed by atoms with Crippen LogP contribution in [0.4, 0.5) is 0 Å². The third-order valence-electron chi connectivity index (χ3n) is 4.66. The van der Waals surface area contributed by atoms with E-state index in [0.29, 0.717) is 0 Å². The summed E-state index contributed by atoms with van der Waals surface area (Å²) in [5, 5.41) is 2.43. The lowest BCUT2D eigenvalue weighted by Crippen LogP contribution is -3.00. The fourth-order valence-electron chi connectivity index (χ4n) is 3.57. The SMILES string of the molecule is Cn1c2ccccc2c2c(-c3ccccc3)[n+]3ccccc3nc21.[I-]. The van der Waals surface area contributed by atoms with Crippen LogP contribution in [-0.4, -0.2) is 9.55 Å². The Kier molecular flexibility index (Phi) is 3.92. The van der Waals surface area contributed by atoms with Gasteiger partial charge in [0, 0.05) is 24.1 Å². The molecule has 0 aliphatic carbocycles. The Hall–Kier alpha value is -2.47. The number of halogens is 1. The van der Waals surface area contributed by atoms with Crippen molar-refractivity contribution in [1.82, 2.24) is 9.55 Å². The molecule has 3 heterocycles. The molecule has 3 aromatic heterocycles. The number of hydrogen-bond acceptors (Lipinski definition) is 1. The smallest absolute Gasteiger partial charge is 0.330 e. The maximum absolute atomic E-state index is 4.93. The van der Waals surface area contributed by atoms with Gasteiger partial charge in [0.15, 0.2) is 5.69 Å². The van der Waals surface area contributed by atoms with E-state index in [9.17, 15) is 0 Å². The first kappa shape index (κ1) is 16.0. The summed E-state index contributed by atoms with van der Waals surface area (Å²) >= 11 is 0. The van der Waals surface area contributed by atoms with Gasteiger partial charge in [-0.2, -0.15) is 4.40 Å². The van der Waals surface area contributed by atoms with Crippen LogP contribution in [0.5, 0.6) is 0 Å². The Balaban J connectivity index is 0.00000157. The summed E-state index contributed by atoms with van der Waals surface area (Å²) in [7, 11) is 2.09. The summed E-state index contributed by atoms with van der Waals surface area (Å²) in [5.74, 6) is 0. The second-order valence-corrected chi connectivity index (χ2v) is 6.03. The van der Waals surface area contributed by atoms with Gasteiger partial charge in [-0.05, 0) is 17.1 Å². The third-order valence-corrected chi connectivity index (χ3v) is 4.66. The Morgan fingerprint density at radius 2 is 1.56 bits per heavy atom. The van der Waals surface area contributed by atoms with Gasteiger partial charge in [-0.3, -0.25) is 0 Å². The standard InChI is InChI=1S/C21H16N3.HI/c1-23-17-12-6-5-11-16(17)19-20(15-9-3-2-4-10-15)24-14-8-7-13-18(24)22-21(19)23;/h2-14H,1H3;1H/q+1;/p-1. The van der Waals surface area contributed by atoms with Crippen molar-refractivity contribution in [3.63, 3.8) is 0 Å². The van der Waals surface area contributed by atoms with Crippen molar-refractivity contribution in [3.8, 4) is 11.3 Å². The number of nitrogens with zero attached hydrogens (tertiary/aromatic N) is 3. The molecule has 0 radical (unpaired) electrons. The summed E-state index contributed by atoms with van der Waals surface area (Å²) in [6.07, 6.45) is 2.09. The van der Waals surface area contributed by atoms with E-state index in [1.807, 2.05) is 6.07 Å². The van der Waals surface area contributed by atoms with E-state index in [4.69, 9.17) is 4.98 Å². The van der Waals surface area contributed by atoms with E-state index in [-0.39, 0.29) is 24.0 Å². The van der Waals surface area contributed by atoms with Gasteiger partial charge in [-0.15, -0.1) is 0 Å². The van der Waals surface area contributed by atoms with E-state index in [0.717, 1.165) is 11.3 Å². The Bertz CT molecular complexity index is 1210. The molecule has 25 heavy (non-hydrogen) atoms. The summed E-state index contributed by atoms with van der Waals surface area (Å²) in [6.45, 7) is 0. The molecule has 5 aromatic rings. The van der Waals surface area contributed by atoms with E-state index in [1.54, 1.807) is 0 Å². The van der Waals surface area contributed by atoms with Crippen molar-refractivity contribution in [1.29, 1.82) is 0 Å². The quantitative estimate of drug-likeness (QED) is 0.285. The van der Waals surface area contributed by atoms with Crippen LogP contribution in [-0.2, 0) is 7.05 Å². The molecule has 3 nitrogen and oxygen atoms in total. The summed E-state index contributed by atoms with van der Waals surface area (Å²) in [4.78, 5) is 4.93. The molecule has 0 N–H and O–H groups in total. The Labute approximate surface area is 162 Å². The van der Waals surface area contributed by atoms with Crippen LogP contribution in [0.2, 0.25) is 0 Å². The number of aryl methyl sites for hydroxylation is 1. The van der Waals surface area contributed by atoms with Crippen LogP contribution in [0.3, 0.4) is 0 Å².